The monoisotopic (exact) mass is 211 g/mol. The molecule has 0 amide bonds. The quantitative estimate of drug-likeness (QED) is 0.811. The van der Waals surface area contributed by atoms with Crippen LogP contribution in [0.4, 0.5) is 5.82 Å². The molecule has 0 spiro atoms. The zero-order chi connectivity index (χ0) is 10.7. The molecular formula is C10H17N3O2. The number of ether oxygens (including phenoxy) is 2. The first kappa shape index (κ1) is 10.4. The maximum atomic E-state index is 5.62. The van der Waals surface area contributed by atoms with E-state index in [9.17, 15) is 0 Å². The van der Waals surface area contributed by atoms with Gasteiger partial charge in [-0.3, -0.25) is 4.68 Å². The van der Waals surface area contributed by atoms with E-state index in [1.807, 2.05) is 13.1 Å². The molecule has 5 heteroatoms. The minimum Gasteiger partial charge on any atom is -0.382 e. The third-order valence-electron chi connectivity index (χ3n) is 2.55. The van der Waals surface area contributed by atoms with Gasteiger partial charge in [0.05, 0.1) is 12.3 Å². The Morgan fingerprint density at radius 1 is 1.67 bits per heavy atom. The van der Waals surface area contributed by atoms with Crippen LogP contribution in [-0.2, 0) is 23.1 Å². The molecule has 2 rings (SSSR count). The lowest BCUT2D eigenvalue weighted by Gasteiger charge is -2.22. The zero-order valence-electron chi connectivity index (χ0n) is 8.98. The van der Waals surface area contributed by atoms with Crippen molar-refractivity contribution in [2.45, 2.75) is 32.2 Å². The highest BCUT2D eigenvalue weighted by Crippen LogP contribution is 2.16. The molecule has 0 radical (unpaired) electrons. The summed E-state index contributed by atoms with van der Waals surface area (Å²) in [7, 11) is 1.86. The largest absolute Gasteiger partial charge is 0.382 e. The van der Waals surface area contributed by atoms with Gasteiger partial charge < -0.3 is 15.2 Å². The number of nitrogens with two attached hydrogens (primary N) is 1. The molecule has 0 bridgehead atoms. The first-order valence-electron chi connectivity index (χ1n) is 5.27. The second-order valence-corrected chi connectivity index (χ2v) is 3.79. The van der Waals surface area contributed by atoms with Crippen molar-refractivity contribution in [1.82, 2.24) is 9.78 Å². The van der Waals surface area contributed by atoms with Crippen LogP contribution in [-0.4, -0.2) is 22.7 Å². The van der Waals surface area contributed by atoms with E-state index >= 15 is 0 Å². The van der Waals surface area contributed by atoms with Gasteiger partial charge in [-0.25, -0.2) is 0 Å². The third-order valence-corrected chi connectivity index (χ3v) is 2.55. The Labute approximate surface area is 89.2 Å². The molecule has 1 saturated heterocycles. The maximum absolute atomic E-state index is 5.62. The Balaban J connectivity index is 1.84. The topological polar surface area (TPSA) is 62.3 Å². The van der Waals surface area contributed by atoms with Crippen LogP contribution in [0.15, 0.2) is 6.07 Å². The van der Waals surface area contributed by atoms with Crippen LogP contribution in [0.1, 0.15) is 25.0 Å². The van der Waals surface area contributed by atoms with Crippen LogP contribution in [0.25, 0.3) is 0 Å². The van der Waals surface area contributed by atoms with Crippen molar-refractivity contribution >= 4 is 5.82 Å². The van der Waals surface area contributed by atoms with E-state index in [4.69, 9.17) is 15.2 Å². The fourth-order valence-corrected chi connectivity index (χ4v) is 1.69. The van der Waals surface area contributed by atoms with Gasteiger partial charge >= 0.3 is 0 Å². The summed E-state index contributed by atoms with van der Waals surface area (Å²) in [6.07, 6.45) is 3.24. The molecule has 2 N–H and O–H groups in total. The first-order valence-corrected chi connectivity index (χ1v) is 5.27. The molecule has 1 atom stereocenters. The van der Waals surface area contributed by atoms with Crippen LogP contribution in [0.5, 0.6) is 0 Å². The van der Waals surface area contributed by atoms with Crippen molar-refractivity contribution < 1.29 is 9.47 Å². The molecule has 1 fully saturated rings. The van der Waals surface area contributed by atoms with Crippen LogP contribution >= 0.6 is 0 Å². The fourth-order valence-electron chi connectivity index (χ4n) is 1.69. The molecule has 1 aliphatic rings. The SMILES string of the molecule is Cn1nc(N)cc1CO[C@H]1CCCCO1. The first-order chi connectivity index (χ1) is 7.25. The minimum atomic E-state index is -0.0603. The molecular weight excluding hydrogens is 194 g/mol. The van der Waals surface area contributed by atoms with Gasteiger partial charge in [0.25, 0.3) is 0 Å². The standard InChI is InChI=1S/C10H17N3O2/c1-13-8(6-9(11)12-13)7-15-10-4-2-3-5-14-10/h6,10H,2-5,7H2,1H3,(H2,11,12)/t10-/m0/s1. The lowest BCUT2D eigenvalue weighted by atomic mass is 10.2. The Morgan fingerprint density at radius 2 is 2.53 bits per heavy atom. The summed E-state index contributed by atoms with van der Waals surface area (Å²) in [5.74, 6) is 0.528. The van der Waals surface area contributed by atoms with E-state index in [0.29, 0.717) is 12.4 Å². The van der Waals surface area contributed by atoms with Gasteiger partial charge in [-0.1, -0.05) is 0 Å². The van der Waals surface area contributed by atoms with Crippen molar-refractivity contribution in [2.24, 2.45) is 7.05 Å². The van der Waals surface area contributed by atoms with Crippen LogP contribution < -0.4 is 5.73 Å². The van der Waals surface area contributed by atoms with Crippen molar-refractivity contribution in [1.29, 1.82) is 0 Å². The lowest BCUT2D eigenvalue weighted by molar-refractivity contribution is -0.169. The van der Waals surface area contributed by atoms with Crippen molar-refractivity contribution in [3.63, 3.8) is 0 Å². The molecule has 0 aromatic carbocycles. The highest BCUT2D eigenvalue weighted by molar-refractivity contribution is 5.28. The molecule has 1 aliphatic heterocycles. The summed E-state index contributed by atoms with van der Waals surface area (Å²) in [6, 6.07) is 1.82. The van der Waals surface area contributed by atoms with E-state index < -0.39 is 0 Å². The van der Waals surface area contributed by atoms with Crippen LogP contribution in [0, 0.1) is 0 Å². The minimum absolute atomic E-state index is 0.0603. The Kier molecular flexibility index (Phi) is 3.23. The van der Waals surface area contributed by atoms with Gasteiger partial charge in [-0.2, -0.15) is 5.10 Å². The van der Waals surface area contributed by atoms with E-state index in [0.717, 1.165) is 25.1 Å². The van der Waals surface area contributed by atoms with Crippen molar-refractivity contribution in [2.75, 3.05) is 12.3 Å². The fraction of sp³-hybridized carbons (Fsp3) is 0.700. The maximum Gasteiger partial charge on any atom is 0.158 e. The van der Waals surface area contributed by atoms with Gasteiger partial charge in [-0.05, 0) is 19.3 Å². The highest BCUT2D eigenvalue weighted by atomic mass is 16.7. The highest BCUT2D eigenvalue weighted by Gasteiger charge is 2.14. The zero-order valence-corrected chi connectivity index (χ0v) is 8.98. The number of hydrogen-bond acceptors (Lipinski definition) is 4. The van der Waals surface area contributed by atoms with E-state index in [1.54, 1.807) is 4.68 Å². The summed E-state index contributed by atoms with van der Waals surface area (Å²) in [5, 5.41) is 4.05. The lowest BCUT2D eigenvalue weighted by Crippen LogP contribution is -2.22. The van der Waals surface area contributed by atoms with Crippen LogP contribution in [0.3, 0.4) is 0 Å². The second kappa shape index (κ2) is 4.63. The number of aromatic nitrogens is 2. The number of anilines is 1. The number of hydrogen-bond donors (Lipinski definition) is 1. The Morgan fingerprint density at radius 3 is 3.13 bits per heavy atom. The predicted octanol–water partition coefficient (Wildman–Crippen LogP) is 1.05. The van der Waals surface area contributed by atoms with Gasteiger partial charge in [0.15, 0.2) is 6.29 Å². The molecule has 84 valence electrons. The molecule has 0 aliphatic carbocycles. The molecule has 0 unspecified atom stereocenters. The summed E-state index contributed by atoms with van der Waals surface area (Å²) < 4.78 is 12.8. The van der Waals surface area contributed by atoms with Crippen molar-refractivity contribution in [3.8, 4) is 0 Å². The molecule has 1 aromatic heterocycles. The second-order valence-electron chi connectivity index (χ2n) is 3.79. The molecule has 5 nitrogen and oxygen atoms in total. The van der Waals surface area contributed by atoms with E-state index in [-0.39, 0.29) is 6.29 Å². The summed E-state index contributed by atoms with van der Waals surface area (Å²) >= 11 is 0. The Bertz CT molecular complexity index is 318. The summed E-state index contributed by atoms with van der Waals surface area (Å²) in [5.41, 5.74) is 6.54. The van der Waals surface area contributed by atoms with E-state index in [1.165, 1.54) is 6.42 Å². The summed E-state index contributed by atoms with van der Waals surface area (Å²) in [6.45, 7) is 1.31. The normalized spacial score (nSPS) is 21.8. The number of nitrogens with zero attached hydrogens (tertiary/aromatic N) is 2. The molecule has 15 heavy (non-hydrogen) atoms. The van der Waals surface area contributed by atoms with Crippen LogP contribution in [0.2, 0.25) is 0 Å². The average molecular weight is 211 g/mol. The molecule has 1 aromatic rings. The summed E-state index contributed by atoms with van der Waals surface area (Å²) in [4.78, 5) is 0. The van der Waals surface area contributed by atoms with E-state index in [2.05, 4.69) is 5.10 Å². The van der Waals surface area contributed by atoms with Crippen molar-refractivity contribution in [3.05, 3.63) is 11.8 Å². The average Bonchev–Trinajstić information content (AvgIpc) is 2.56. The molecule has 2 heterocycles. The Hall–Kier alpha value is -1.07. The molecule has 0 saturated carbocycles. The number of nitrogen functional groups attached to an aromatic ring is 1. The van der Waals surface area contributed by atoms with Gasteiger partial charge in [0, 0.05) is 19.7 Å². The third kappa shape index (κ3) is 2.70. The van der Waals surface area contributed by atoms with Gasteiger partial charge in [-0.15, -0.1) is 0 Å². The van der Waals surface area contributed by atoms with Gasteiger partial charge in [0.1, 0.15) is 5.82 Å². The number of rotatable bonds is 3. The van der Waals surface area contributed by atoms with Gasteiger partial charge in [0.2, 0.25) is 0 Å². The number of aryl methyl sites for hydroxylation is 1. The predicted molar refractivity (Wildman–Crippen MR) is 56.0 cm³/mol. The smallest absolute Gasteiger partial charge is 0.158 e.